The first-order valence-electron chi connectivity index (χ1n) is 6.96. The lowest BCUT2D eigenvalue weighted by Crippen LogP contribution is -2.50. The van der Waals surface area contributed by atoms with Crippen molar-refractivity contribution in [3.63, 3.8) is 0 Å². The van der Waals surface area contributed by atoms with Crippen molar-refractivity contribution in [2.45, 2.75) is 24.3 Å². The van der Waals surface area contributed by atoms with E-state index in [9.17, 15) is 13.2 Å². The van der Waals surface area contributed by atoms with Gasteiger partial charge in [0.25, 0.3) is 0 Å². The summed E-state index contributed by atoms with van der Waals surface area (Å²) in [7, 11) is -2.67. The topological polar surface area (TPSA) is 84.5 Å². The summed E-state index contributed by atoms with van der Waals surface area (Å²) in [5, 5.41) is 3.39. The van der Waals surface area contributed by atoms with Crippen LogP contribution in [0.15, 0.2) is 23.1 Å². The van der Waals surface area contributed by atoms with Crippen LogP contribution in [-0.2, 0) is 14.8 Å². The van der Waals surface area contributed by atoms with Crippen molar-refractivity contribution in [3.05, 3.63) is 28.8 Å². The molecule has 0 aromatic heterocycles. The van der Waals surface area contributed by atoms with Gasteiger partial charge in [0.2, 0.25) is 10.0 Å². The lowest BCUT2D eigenvalue weighted by atomic mass is 9.96. The summed E-state index contributed by atoms with van der Waals surface area (Å²) in [6, 6.07) is 3.84. The van der Waals surface area contributed by atoms with Crippen molar-refractivity contribution in [2.24, 2.45) is 5.92 Å². The molecule has 2 rings (SSSR count). The number of carbonyl (C=O) groups excluding carboxylic acids is 1. The lowest BCUT2D eigenvalue weighted by Gasteiger charge is -2.30. The maximum Gasteiger partial charge on any atom is 0.339 e. The Bertz CT molecular complexity index is 667. The predicted octanol–water partition coefficient (Wildman–Crippen LogP) is 1.82. The molecule has 1 aliphatic rings. The van der Waals surface area contributed by atoms with Crippen molar-refractivity contribution in [1.82, 2.24) is 10.0 Å². The molecule has 1 aliphatic heterocycles. The van der Waals surface area contributed by atoms with Crippen molar-refractivity contribution in [1.29, 1.82) is 0 Å². The molecule has 2 unspecified atom stereocenters. The van der Waals surface area contributed by atoms with E-state index in [2.05, 4.69) is 14.8 Å². The Morgan fingerprint density at radius 1 is 1.43 bits per heavy atom. The van der Waals surface area contributed by atoms with E-state index >= 15 is 0 Å². The first kappa shape index (κ1) is 20.2. The Hall–Kier alpha value is -0.860. The number of hydrogen-bond donors (Lipinski definition) is 2. The quantitative estimate of drug-likeness (QED) is 0.775. The second-order valence-corrected chi connectivity index (χ2v) is 7.45. The van der Waals surface area contributed by atoms with E-state index in [1.54, 1.807) is 0 Å². The second-order valence-electron chi connectivity index (χ2n) is 5.33. The van der Waals surface area contributed by atoms with E-state index in [0.29, 0.717) is 6.54 Å². The molecule has 9 heteroatoms. The van der Waals surface area contributed by atoms with Gasteiger partial charge in [-0.1, -0.05) is 18.5 Å². The fourth-order valence-electron chi connectivity index (χ4n) is 2.41. The highest BCUT2D eigenvalue weighted by Gasteiger charge is 2.29. The molecule has 1 aromatic rings. The number of rotatable bonds is 4. The zero-order valence-electron chi connectivity index (χ0n) is 12.8. The molecule has 6 nitrogen and oxygen atoms in total. The Morgan fingerprint density at radius 2 is 2.13 bits per heavy atom. The third-order valence-electron chi connectivity index (χ3n) is 3.77. The Labute approximate surface area is 147 Å². The van der Waals surface area contributed by atoms with E-state index in [0.717, 1.165) is 13.0 Å². The molecule has 2 N–H and O–H groups in total. The van der Waals surface area contributed by atoms with E-state index in [-0.39, 0.29) is 39.8 Å². The maximum atomic E-state index is 12.6. The number of carbonyl (C=O) groups is 1. The molecule has 1 saturated heterocycles. The zero-order valence-corrected chi connectivity index (χ0v) is 15.2. The van der Waals surface area contributed by atoms with Crippen LogP contribution in [-0.4, -0.2) is 40.6 Å². The van der Waals surface area contributed by atoms with E-state index in [1.807, 2.05) is 6.92 Å². The Morgan fingerprint density at radius 3 is 2.74 bits per heavy atom. The van der Waals surface area contributed by atoms with Crippen LogP contribution in [0, 0.1) is 5.92 Å². The zero-order chi connectivity index (χ0) is 16.3. The molecule has 1 aromatic carbocycles. The molecule has 23 heavy (non-hydrogen) atoms. The number of piperidine rings is 1. The van der Waals surface area contributed by atoms with Crippen molar-refractivity contribution in [2.75, 3.05) is 20.2 Å². The molecule has 0 bridgehead atoms. The summed E-state index contributed by atoms with van der Waals surface area (Å²) in [6.07, 6.45) is 0.882. The van der Waals surface area contributed by atoms with E-state index in [4.69, 9.17) is 11.6 Å². The van der Waals surface area contributed by atoms with Crippen LogP contribution in [0.25, 0.3) is 0 Å². The minimum absolute atomic E-state index is 0. The Balaban J connectivity index is 0.00000264. The molecule has 0 aliphatic carbocycles. The van der Waals surface area contributed by atoms with Gasteiger partial charge in [0.15, 0.2) is 0 Å². The Kier molecular flexibility index (Phi) is 7.29. The SMILES string of the molecule is COC(=O)c1ccc(Cl)cc1S(=O)(=O)NC1CNCCC1C.Cl. The largest absolute Gasteiger partial charge is 0.465 e. The smallest absolute Gasteiger partial charge is 0.339 e. The highest BCUT2D eigenvalue weighted by Crippen LogP contribution is 2.23. The number of esters is 1. The predicted molar refractivity (Wildman–Crippen MR) is 90.8 cm³/mol. The van der Waals surface area contributed by atoms with Gasteiger partial charge in [0.1, 0.15) is 0 Å². The third-order valence-corrected chi connectivity index (χ3v) is 5.54. The van der Waals surface area contributed by atoms with E-state index < -0.39 is 16.0 Å². The summed E-state index contributed by atoms with van der Waals surface area (Å²) < 4.78 is 32.6. The highest BCUT2D eigenvalue weighted by atomic mass is 35.5. The van der Waals surface area contributed by atoms with Crippen LogP contribution in [0.2, 0.25) is 5.02 Å². The summed E-state index contributed by atoms with van der Waals surface area (Å²) in [5.74, 6) is -0.511. The second kappa shape index (κ2) is 8.30. The van der Waals surface area contributed by atoms with Gasteiger partial charge in [-0.3, -0.25) is 0 Å². The molecule has 0 saturated carbocycles. The molecule has 1 heterocycles. The maximum absolute atomic E-state index is 12.6. The van der Waals surface area contributed by atoms with Crippen LogP contribution in [0.5, 0.6) is 0 Å². The van der Waals surface area contributed by atoms with E-state index in [1.165, 1.54) is 25.3 Å². The minimum atomic E-state index is -3.88. The van der Waals surface area contributed by atoms with Gasteiger partial charge in [-0.15, -0.1) is 12.4 Å². The average molecular weight is 383 g/mol. The number of sulfonamides is 1. The summed E-state index contributed by atoms with van der Waals surface area (Å²) in [6.45, 7) is 3.41. The number of nitrogens with one attached hydrogen (secondary N) is 2. The third kappa shape index (κ3) is 4.81. The van der Waals surface area contributed by atoms with Crippen LogP contribution < -0.4 is 10.0 Å². The molecule has 0 radical (unpaired) electrons. The lowest BCUT2D eigenvalue weighted by molar-refractivity contribution is 0.0596. The van der Waals surface area contributed by atoms with Gasteiger partial charge >= 0.3 is 5.97 Å². The monoisotopic (exact) mass is 382 g/mol. The molecular formula is C14H20Cl2N2O4S. The van der Waals surface area contributed by atoms with Gasteiger partial charge in [0.05, 0.1) is 17.6 Å². The van der Waals surface area contributed by atoms with Gasteiger partial charge in [0, 0.05) is 17.6 Å². The molecule has 0 spiro atoms. The number of benzene rings is 1. The number of hydrogen-bond acceptors (Lipinski definition) is 5. The minimum Gasteiger partial charge on any atom is -0.465 e. The fourth-order valence-corrected chi connectivity index (χ4v) is 4.21. The van der Waals surface area contributed by atoms with Crippen molar-refractivity contribution < 1.29 is 17.9 Å². The highest BCUT2D eigenvalue weighted by molar-refractivity contribution is 7.89. The standard InChI is InChI=1S/C14H19ClN2O4S.ClH/c1-9-5-6-16-8-12(9)17-22(19,20)13-7-10(15)3-4-11(13)14(18)21-2;/h3-4,7,9,12,16-17H,5-6,8H2,1-2H3;1H. The molecule has 1 fully saturated rings. The summed E-state index contributed by atoms with van der Waals surface area (Å²) in [5.41, 5.74) is -0.0316. The average Bonchev–Trinajstić information content (AvgIpc) is 2.48. The fraction of sp³-hybridized carbons (Fsp3) is 0.500. The normalized spacial score (nSPS) is 21.3. The summed E-state index contributed by atoms with van der Waals surface area (Å²) >= 11 is 5.89. The number of ether oxygens (including phenoxy) is 1. The van der Waals surface area contributed by atoms with Crippen LogP contribution in [0.1, 0.15) is 23.7 Å². The molecular weight excluding hydrogens is 363 g/mol. The van der Waals surface area contributed by atoms with Crippen molar-refractivity contribution in [3.8, 4) is 0 Å². The molecule has 2 atom stereocenters. The van der Waals surface area contributed by atoms with Gasteiger partial charge < -0.3 is 10.1 Å². The molecule has 130 valence electrons. The molecule has 0 amide bonds. The summed E-state index contributed by atoms with van der Waals surface area (Å²) in [4.78, 5) is 11.6. The number of halogens is 2. The van der Waals surface area contributed by atoms with Crippen LogP contribution in [0.3, 0.4) is 0 Å². The first-order valence-corrected chi connectivity index (χ1v) is 8.82. The van der Waals surface area contributed by atoms with Crippen LogP contribution >= 0.6 is 24.0 Å². The van der Waals surface area contributed by atoms with Crippen molar-refractivity contribution >= 4 is 40.0 Å². The number of methoxy groups -OCH3 is 1. The van der Waals surface area contributed by atoms with Gasteiger partial charge in [-0.2, -0.15) is 0 Å². The van der Waals surface area contributed by atoms with Crippen LogP contribution in [0.4, 0.5) is 0 Å². The first-order chi connectivity index (χ1) is 10.3. The van der Waals surface area contributed by atoms with Gasteiger partial charge in [-0.05, 0) is 37.1 Å². The van der Waals surface area contributed by atoms with Gasteiger partial charge in [-0.25, -0.2) is 17.9 Å².